The van der Waals surface area contributed by atoms with Crippen LogP contribution in [0.5, 0.6) is 0 Å². The Bertz CT molecular complexity index is 2360. The van der Waals surface area contributed by atoms with E-state index in [1.54, 1.807) is 0 Å². The summed E-state index contributed by atoms with van der Waals surface area (Å²) in [4.78, 5) is 14.9. The molecule has 0 amide bonds. The van der Waals surface area contributed by atoms with Crippen molar-refractivity contribution in [2.24, 2.45) is 0 Å². The van der Waals surface area contributed by atoms with Crippen molar-refractivity contribution in [3.63, 3.8) is 0 Å². The molecule has 49 heavy (non-hydrogen) atoms. The minimum absolute atomic E-state index is 0.623. The Hall–Kier alpha value is -5.83. The van der Waals surface area contributed by atoms with Gasteiger partial charge in [0, 0.05) is 16.7 Å². The topological polar surface area (TPSA) is 55.7 Å². The SMILES string of the molecule is CCC[P+](=O)c1cccc(-c2c3ccccc3c(-c3cccc(-c4nc(-c5ccccc5)nc(-c5ccccc5)n4)c3)c3ccccc23)c1. The Morgan fingerprint density at radius 2 is 0.816 bits per heavy atom. The molecule has 8 rings (SSSR count). The van der Waals surface area contributed by atoms with E-state index in [9.17, 15) is 4.57 Å². The smallest absolute Gasteiger partial charge is 0.208 e. The molecule has 1 atom stereocenters. The molecule has 5 heteroatoms. The van der Waals surface area contributed by atoms with E-state index in [1.165, 1.54) is 0 Å². The van der Waals surface area contributed by atoms with Crippen LogP contribution in [0.3, 0.4) is 0 Å². The van der Waals surface area contributed by atoms with Crippen LogP contribution in [0.4, 0.5) is 0 Å². The van der Waals surface area contributed by atoms with Crippen LogP contribution < -0.4 is 5.30 Å². The van der Waals surface area contributed by atoms with Crippen LogP contribution in [0, 0.1) is 0 Å². The molecular weight excluding hydrogens is 617 g/mol. The van der Waals surface area contributed by atoms with Gasteiger partial charge in [-0.05, 0) is 68.4 Å². The zero-order chi connectivity index (χ0) is 33.2. The summed E-state index contributed by atoms with van der Waals surface area (Å²) in [6, 6.07) is 54.2. The van der Waals surface area contributed by atoms with Gasteiger partial charge in [0.15, 0.2) is 28.9 Å². The summed E-state index contributed by atoms with van der Waals surface area (Å²) in [5.74, 6) is 1.90. The molecule has 0 spiro atoms. The highest BCUT2D eigenvalue weighted by Gasteiger charge is 2.22. The van der Waals surface area contributed by atoms with Crippen LogP contribution in [0.25, 0.3) is 78.0 Å². The highest BCUT2D eigenvalue weighted by Crippen LogP contribution is 2.44. The first-order chi connectivity index (χ1) is 24.2. The molecule has 1 aromatic heterocycles. The van der Waals surface area contributed by atoms with E-state index < -0.39 is 7.80 Å². The van der Waals surface area contributed by atoms with Gasteiger partial charge in [0.1, 0.15) is 0 Å². The molecule has 0 saturated carbocycles. The van der Waals surface area contributed by atoms with E-state index in [1.807, 2.05) is 72.8 Å². The molecule has 8 aromatic rings. The number of hydrogen-bond donors (Lipinski definition) is 0. The summed E-state index contributed by atoms with van der Waals surface area (Å²) in [6.45, 7) is 2.08. The van der Waals surface area contributed by atoms with Crippen LogP contribution in [0.1, 0.15) is 13.3 Å². The molecule has 0 aliphatic rings. The Balaban J connectivity index is 1.33. The molecule has 0 saturated heterocycles. The summed E-state index contributed by atoms with van der Waals surface area (Å²) in [7, 11) is -1.44. The maximum atomic E-state index is 13.1. The predicted molar refractivity (Wildman–Crippen MR) is 204 cm³/mol. The molecule has 0 bridgehead atoms. The van der Waals surface area contributed by atoms with E-state index in [4.69, 9.17) is 15.0 Å². The maximum Gasteiger partial charge on any atom is 0.376 e. The molecule has 1 unspecified atom stereocenters. The van der Waals surface area contributed by atoms with Crippen LogP contribution in [-0.4, -0.2) is 21.1 Å². The van der Waals surface area contributed by atoms with E-state index in [0.717, 1.165) is 72.2 Å². The van der Waals surface area contributed by atoms with Gasteiger partial charge in [-0.25, -0.2) is 15.0 Å². The third-order valence-electron chi connectivity index (χ3n) is 8.89. The molecule has 7 aromatic carbocycles. The molecule has 0 fully saturated rings. The highest BCUT2D eigenvalue weighted by molar-refractivity contribution is 7.53. The second kappa shape index (κ2) is 13.4. The lowest BCUT2D eigenvalue weighted by Gasteiger charge is -2.18. The second-order valence-corrected chi connectivity index (χ2v) is 13.8. The van der Waals surface area contributed by atoms with E-state index in [0.29, 0.717) is 23.6 Å². The fourth-order valence-electron chi connectivity index (χ4n) is 6.65. The van der Waals surface area contributed by atoms with Crippen molar-refractivity contribution in [3.05, 3.63) is 158 Å². The average Bonchev–Trinajstić information content (AvgIpc) is 3.17. The third-order valence-corrected chi connectivity index (χ3v) is 10.6. The number of fused-ring (bicyclic) bond motifs is 2. The van der Waals surface area contributed by atoms with Gasteiger partial charge in [0.25, 0.3) is 0 Å². The number of aromatic nitrogens is 3. The normalized spacial score (nSPS) is 11.6. The maximum absolute atomic E-state index is 13.1. The van der Waals surface area contributed by atoms with Crippen LogP contribution in [0.15, 0.2) is 158 Å². The molecule has 4 nitrogen and oxygen atoms in total. The van der Waals surface area contributed by atoms with Crippen molar-refractivity contribution < 1.29 is 4.57 Å². The number of hydrogen-bond acceptors (Lipinski definition) is 4. The number of rotatable bonds is 8. The highest BCUT2D eigenvalue weighted by atomic mass is 31.1. The third kappa shape index (κ3) is 5.92. The van der Waals surface area contributed by atoms with Crippen molar-refractivity contribution >= 4 is 34.7 Å². The van der Waals surface area contributed by atoms with Gasteiger partial charge in [0.05, 0.1) is 0 Å². The van der Waals surface area contributed by atoms with Gasteiger partial charge in [-0.3, -0.25) is 0 Å². The van der Waals surface area contributed by atoms with E-state index >= 15 is 0 Å². The quantitative estimate of drug-likeness (QED) is 0.121. The summed E-state index contributed by atoms with van der Waals surface area (Å²) in [6.07, 6.45) is 1.58. The lowest BCUT2D eigenvalue weighted by atomic mass is 9.85. The van der Waals surface area contributed by atoms with Crippen LogP contribution in [0.2, 0.25) is 0 Å². The Kier molecular flexibility index (Phi) is 8.31. The second-order valence-electron chi connectivity index (χ2n) is 12.1. The van der Waals surface area contributed by atoms with E-state index in [-0.39, 0.29) is 0 Å². The molecule has 0 aliphatic heterocycles. The number of nitrogens with zero attached hydrogens (tertiary/aromatic N) is 3. The minimum atomic E-state index is -1.44. The zero-order valence-electron chi connectivity index (χ0n) is 27.1. The van der Waals surface area contributed by atoms with Crippen LogP contribution >= 0.6 is 7.80 Å². The molecule has 0 radical (unpaired) electrons. The van der Waals surface area contributed by atoms with Crippen molar-refractivity contribution in [3.8, 4) is 56.4 Å². The lowest BCUT2D eigenvalue weighted by molar-refractivity contribution is 0.592. The largest absolute Gasteiger partial charge is 0.376 e. The first-order valence-corrected chi connectivity index (χ1v) is 18.1. The fourth-order valence-corrected chi connectivity index (χ4v) is 7.85. The van der Waals surface area contributed by atoms with Gasteiger partial charge in [0.2, 0.25) is 0 Å². The Morgan fingerprint density at radius 3 is 1.31 bits per heavy atom. The van der Waals surface area contributed by atoms with Crippen molar-refractivity contribution in [2.45, 2.75) is 13.3 Å². The van der Waals surface area contributed by atoms with Crippen molar-refractivity contribution in [2.75, 3.05) is 6.16 Å². The van der Waals surface area contributed by atoms with Gasteiger partial charge >= 0.3 is 7.80 Å². The van der Waals surface area contributed by atoms with Crippen molar-refractivity contribution in [1.82, 2.24) is 15.0 Å². The average molecular weight is 651 g/mol. The van der Waals surface area contributed by atoms with Crippen molar-refractivity contribution in [1.29, 1.82) is 0 Å². The molecule has 1 heterocycles. The van der Waals surface area contributed by atoms with E-state index in [2.05, 4.69) is 91.9 Å². The molecule has 0 N–H and O–H groups in total. The lowest BCUT2D eigenvalue weighted by Crippen LogP contribution is -2.00. The fraction of sp³-hybridized carbons (Fsp3) is 0.0682. The summed E-state index contributed by atoms with van der Waals surface area (Å²) in [5, 5.41) is 5.52. The summed E-state index contributed by atoms with van der Waals surface area (Å²) < 4.78 is 13.1. The van der Waals surface area contributed by atoms with Crippen LogP contribution in [-0.2, 0) is 4.57 Å². The molecule has 234 valence electrons. The summed E-state index contributed by atoms with van der Waals surface area (Å²) >= 11 is 0. The number of benzene rings is 7. The van der Waals surface area contributed by atoms with Gasteiger partial charge in [-0.1, -0.05) is 151 Å². The molecular formula is C44H33N3OP+. The monoisotopic (exact) mass is 650 g/mol. The summed E-state index contributed by atoms with van der Waals surface area (Å²) in [5.41, 5.74) is 7.27. The first-order valence-electron chi connectivity index (χ1n) is 16.6. The van der Waals surface area contributed by atoms with Gasteiger partial charge < -0.3 is 0 Å². The predicted octanol–water partition coefficient (Wildman–Crippen LogP) is 11.4. The Labute approximate surface area is 287 Å². The van der Waals surface area contributed by atoms with Gasteiger partial charge in [-0.2, -0.15) is 0 Å². The van der Waals surface area contributed by atoms with Gasteiger partial charge in [-0.15, -0.1) is 0 Å². The zero-order valence-corrected chi connectivity index (χ0v) is 28.0. The standard InChI is InChI=1S/C44H33N3OP/c1-2-27-49(48)35-22-14-20-33(29-35)41-38-25-11-9-23-36(38)40(37-24-10-12-26-39(37)41)32-19-13-21-34(28-32)44-46-42(30-15-5-3-6-16-30)45-43(47-44)31-17-7-4-8-18-31/h3-26,28-29H,2,27H2,1H3/q+1. The Morgan fingerprint density at radius 1 is 0.429 bits per heavy atom. The first kappa shape index (κ1) is 30.5. The minimum Gasteiger partial charge on any atom is -0.208 e. The molecule has 0 aliphatic carbocycles.